The second kappa shape index (κ2) is 2.01. The van der Waals surface area contributed by atoms with Crippen molar-refractivity contribution in [2.24, 2.45) is 5.92 Å². The fourth-order valence-electron chi connectivity index (χ4n) is 1.52. The minimum atomic E-state index is 0.0220. The SMILES string of the molecule is O=C1NCCC2C=CNC12. The number of carbonyl (C=O) groups excluding carboxylic acids is 1. The van der Waals surface area contributed by atoms with E-state index in [-0.39, 0.29) is 11.9 Å². The van der Waals surface area contributed by atoms with E-state index < -0.39 is 0 Å². The number of hydrogen-bond acceptors (Lipinski definition) is 2. The lowest BCUT2D eigenvalue weighted by Crippen LogP contribution is -2.48. The van der Waals surface area contributed by atoms with Crippen LogP contribution in [-0.4, -0.2) is 18.5 Å². The van der Waals surface area contributed by atoms with Gasteiger partial charge in [0.1, 0.15) is 6.04 Å². The third kappa shape index (κ3) is 0.701. The van der Waals surface area contributed by atoms with Crippen LogP contribution in [0, 0.1) is 5.92 Å². The van der Waals surface area contributed by atoms with Crippen molar-refractivity contribution in [3.8, 4) is 0 Å². The Morgan fingerprint density at radius 1 is 1.60 bits per heavy atom. The molecular formula is C7H10N2O. The monoisotopic (exact) mass is 138 g/mol. The van der Waals surface area contributed by atoms with Crippen LogP contribution >= 0.6 is 0 Å². The van der Waals surface area contributed by atoms with Crippen LogP contribution in [0.25, 0.3) is 0 Å². The van der Waals surface area contributed by atoms with Crippen molar-refractivity contribution in [3.63, 3.8) is 0 Å². The predicted octanol–water partition coefficient (Wildman–Crippen LogP) is -0.392. The lowest BCUT2D eigenvalue weighted by atomic mass is 9.95. The normalized spacial score (nSPS) is 36.6. The van der Waals surface area contributed by atoms with Gasteiger partial charge in [-0.15, -0.1) is 0 Å². The van der Waals surface area contributed by atoms with Gasteiger partial charge < -0.3 is 10.6 Å². The highest BCUT2D eigenvalue weighted by Crippen LogP contribution is 2.18. The van der Waals surface area contributed by atoms with Crippen LogP contribution in [-0.2, 0) is 4.79 Å². The number of carbonyl (C=O) groups is 1. The van der Waals surface area contributed by atoms with Crippen LogP contribution in [0.3, 0.4) is 0 Å². The summed E-state index contributed by atoms with van der Waals surface area (Å²) in [6, 6.07) is 0.0220. The number of fused-ring (bicyclic) bond motifs is 1. The maximum absolute atomic E-state index is 11.1. The van der Waals surface area contributed by atoms with Gasteiger partial charge in [0.25, 0.3) is 0 Å². The summed E-state index contributed by atoms with van der Waals surface area (Å²) < 4.78 is 0. The van der Waals surface area contributed by atoms with E-state index in [1.54, 1.807) is 0 Å². The molecule has 2 aliphatic rings. The summed E-state index contributed by atoms with van der Waals surface area (Å²) in [5.41, 5.74) is 0. The largest absolute Gasteiger partial charge is 0.379 e. The summed E-state index contributed by atoms with van der Waals surface area (Å²) in [6.07, 6.45) is 5.02. The highest BCUT2D eigenvalue weighted by Gasteiger charge is 2.31. The lowest BCUT2D eigenvalue weighted by Gasteiger charge is -2.24. The molecule has 1 saturated heterocycles. The maximum atomic E-state index is 11.1. The Bertz CT molecular complexity index is 188. The van der Waals surface area contributed by atoms with Gasteiger partial charge in [-0.25, -0.2) is 0 Å². The molecule has 54 valence electrons. The molecule has 0 radical (unpaired) electrons. The van der Waals surface area contributed by atoms with Crippen molar-refractivity contribution in [1.29, 1.82) is 0 Å². The van der Waals surface area contributed by atoms with Crippen molar-refractivity contribution >= 4 is 5.91 Å². The van der Waals surface area contributed by atoms with Crippen LogP contribution in [0.5, 0.6) is 0 Å². The highest BCUT2D eigenvalue weighted by atomic mass is 16.2. The molecule has 0 aliphatic carbocycles. The standard InChI is InChI=1S/C7H10N2O/c10-7-6-5(1-3-8-6)2-4-9-7/h1,3,5-6,8H,2,4H2,(H,9,10). The number of hydrogen-bond donors (Lipinski definition) is 2. The molecule has 0 saturated carbocycles. The quantitative estimate of drug-likeness (QED) is 0.478. The van der Waals surface area contributed by atoms with Crippen LogP contribution in [0.4, 0.5) is 0 Å². The Labute approximate surface area is 59.5 Å². The zero-order chi connectivity index (χ0) is 6.97. The van der Waals surface area contributed by atoms with Gasteiger partial charge in [0.15, 0.2) is 0 Å². The van der Waals surface area contributed by atoms with Crippen LogP contribution in [0.15, 0.2) is 12.3 Å². The van der Waals surface area contributed by atoms with E-state index in [1.165, 1.54) is 0 Å². The maximum Gasteiger partial charge on any atom is 0.243 e. The Hall–Kier alpha value is -0.990. The van der Waals surface area contributed by atoms with Crippen molar-refractivity contribution < 1.29 is 4.79 Å². The molecule has 0 bridgehead atoms. The minimum absolute atomic E-state index is 0.0220. The van der Waals surface area contributed by atoms with Gasteiger partial charge in [-0.1, -0.05) is 6.08 Å². The van der Waals surface area contributed by atoms with E-state index in [0.29, 0.717) is 5.92 Å². The Kier molecular flexibility index (Phi) is 1.16. The van der Waals surface area contributed by atoms with E-state index in [9.17, 15) is 4.79 Å². The van der Waals surface area contributed by atoms with Gasteiger partial charge in [-0.3, -0.25) is 4.79 Å². The average molecular weight is 138 g/mol. The molecule has 3 nitrogen and oxygen atoms in total. The third-order valence-corrected chi connectivity index (χ3v) is 2.11. The first-order chi connectivity index (χ1) is 4.88. The van der Waals surface area contributed by atoms with E-state index in [1.807, 2.05) is 6.20 Å². The summed E-state index contributed by atoms with van der Waals surface area (Å²) in [4.78, 5) is 11.1. The number of nitrogens with one attached hydrogen (secondary N) is 2. The molecule has 0 aromatic rings. The van der Waals surface area contributed by atoms with Crippen LogP contribution < -0.4 is 10.6 Å². The Morgan fingerprint density at radius 2 is 2.50 bits per heavy atom. The van der Waals surface area contributed by atoms with Crippen molar-refractivity contribution in [2.45, 2.75) is 12.5 Å². The molecule has 1 amide bonds. The second-order valence-electron chi connectivity index (χ2n) is 2.75. The fourth-order valence-corrected chi connectivity index (χ4v) is 1.52. The average Bonchev–Trinajstić information content (AvgIpc) is 2.36. The molecule has 0 spiro atoms. The first-order valence-corrected chi connectivity index (χ1v) is 3.58. The molecule has 2 atom stereocenters. The molecule has 2 unspecified atom stereocenters. The van der Waals surface area contributed by atoms with E-state index in [4.69, 9.17) is 0 Å². The van der Waals surface area contributed by atoms with Gasteiger partial charge in [0, 0.05) is 12.5 Å². The molecule has 3 heteroatoms. The topological polar surface area (TPSA) is 41.1 Å². The second-order valence-corrected chi connectivity index (χ2v) is 2.75. The van der Waals surface area contributed by atoms with Crippen LogP contribution in [0.1, 0.15) is 6.42 Å². The van der Waals surface area contributed by atoms with E-state index in [2.05, 4.69) is 16.7 Å². The minimum Gasteiger partial charge on any atom is -0.379 e. The summed E-state index contributed by atoms with van der Waals surface area (Å²) in [7, 11) is 0. The predicted molar refractivity (Wildman–Crippen MR) is 37.2 cm³/mol. The summed E-state index contributed by atoms with van der Waals surface area (Å²) in [5, 5.41) is 5.83. The molecule has 2 N–H and O–H groups in total. The number of piperidine rings is 1. The van der Waals surface area contributed by atoms with Gasteiger partial charge in [0.05, 0.1) is 0 Å². The first kappa shape index (κ1) is 5.77. The van der Waals surface area contributed by atoms with E-state index >= 15 is 0 Å². The zero-order valence-corrected chi connectivity index (χ0v) is 5.63. The Morgan fingerprint density at radius 3 is 3.30 bits per heavy atom. The lowest BCUT2D eigenvalue weighted by molar-refractivity contribution is -0.124. The van der Waals surface area contributed by atoms with Gasteiger partial charge in [0.2, 0.25) is 5.91 Å². The van der Waals surface area contributed by atoms with Crippen molar-refractivity contribution in [1.82, 2.24) is 10.6 Å². The number of rotatable bonds is 0. The molecule has 0 aromatic carbocycles. The Balaban J connectivity index is 2.14. The molecule has 10 heavy (non-hydrogen) atoms. The first-order valence-electron chi connectivity index (χ1n) is 3.58. The molecule has 2 rings (SSSR count). The smallest absolute Gasteiger partial charge is 0.243 e. The summed E-state index contributed by atoms with van der Waals surface area (Å²) in [5.74, 6) is 0.579. The third-order valence-electron chi connectivity index (χ3n) is 2.11. The van der Waals surface area contributed by atoms with Crippen molar-refractivity contribution in [3.05, 3.63) is 12.3 Å². The fraction of sp³-hybridized carbons (Fsp3) is 0.571. The van der Waals surface area contributed by atoms with Crippen LogP contribution in [0.2, 0.25) is 0 Å². The zero-order valence-electron chi connectivity index (χ0n) is 5.63. The molecule has 2 aliphatic heterocycles. The van der Waals surface area contributed by atoms with Crippen molar-refractivity contribution in [2.75, 3.05) is 6.54 Å². The van der Waals surface area contributed by atoms with Gasteiger partial charge in [-0.05, 0) is 12.6 Å². The molecule has 0 aromatic heterocycles. The molecular weight excluding hydrogens is 128 g/mol. The van der Waals surface area contributed by atoms with Gasteiger partial charge in [-0.2, -0.15) is 0 Å². The highest BCUT2D eigenvalue weighted by molar-refractivity contribution is 5.83. The molecule has 2 heterocycles. The summed E-state index contributed by atoms with van der Waals surface area (Å²) in [6.45, 7) is 0.825. The number of amides is 1. The molecule has 1 fully saturated rings. The van der Waals surface area contributed by atoms with Gasteiger partial charge >= 0.3 is 0 Å². The van der Waals surface area contributed by atoms with E-state index in [0.717, 1.165) is 13.0 Å². The summed E-state index contributed by atoms with van der Waals surface area (Å²) >= 11 is 0.